The summed E-state index contributed by atoms with van der Waals surface area (Å²) in [7, 11) is 0. The van der Waals surface area contributed by atoms with Crippen LogP contribution < -0.4 is 11.1 Å². The van der Waals surface area contributed by atoms with Crippen LogP contribution in [0.25, 0.3) is 0 Å². The van der Waals surface area contributed by atoms with Crippen molar-refractivity contribution in [3.63, 3.8) is 0 Å². The summed E-state index contributed by atoms with van der Waals surface area (Å²) in [5.41, 5.74) is 5.83. The third-order valence-corrected chi connectivity index (χ3v) is 3.42. The summed E-state index contributed by atoms with van der Waals surface area (Å²) in [6, 6.07) is 0.0383. The summed E-state index contributed by atoms with van der Waals surface area (Å²) < 4.78 is 0. The second-order valence-corrected chi connectivity index (χ2v) is 5.06. The number of nitrogens with two attached hydrogens (primary N) is 1. The number of carbonyl (C=O) groups is 1. The van der Waals surface area contributed by atoms with Crippen molar-refractivity contribution in [1.29, 1.82) is 0 Å². The fourth-order valence-corrected chi connectivity index (χ4v) is 2.43. The van der Waals surface area contributed by atoms with Gasteiger partial charge in [0.05, 0.1) is 0 Å². The Morgan fingerprint density at radius 3 is 2.69 bits per heavy atom. The molecule has 3 heteroatoms. The van der Waals surface area contributed by atoms with Crippen molar-refractivity contribution < 1.29 is 4.79 Å². The van der Waals surface area contributed by atoms with Crippen molar-refractivity contribution in [3.05, 3.63) is 0 Å². The quantitative estimate of drug-likeness (QED) is 0.729. The molecule has 16 heavy (non-hydrogen) atoms. The van der Waals surface area contributed by atoms with Gasteiger partial charge in [0.15, 0.2) is 0 Å². The summed E-state index contributed by atoms with van der Waals surface area (Å²) in [4.78, 5) is 11.6. The summed E-state index contributed by atoms with van der Waals surface area (Å²) in [6.07, 6.45) is 9.06. The van der Waals surface area contributed by atoms with Crippen molar-refractivity contribution in [3.8, 4) is 0 Å². The second kappa shape index (κ2) is 7.66. The maximum Gasteiger partial charge on any atom is 0.221 e. The van der Waals surface area contributed by atoms with Crippen LogP contribution in [-0.2, 0) is 4.79 Å². The molecule has 3 nitrogen and oxygen atoms in total. The van der Waals surface area contributed by atoms with Gasteiger partial charge in [-0.05, 0) is 25.2 Å². The van der Waals surface area contributed by atoms with Crippen LogP contribution >= 0.6 is 0 Å². The molecule has 0 aromatic heterocycles. The van der Waals surface area contributed by atoms with Crippen LogP contribution in [0.1, 0.15) is 58.3 Å². The van der Waals surface area contributed by atoms with E-state index in [4.69, 9.17) is 5.73 Å². The predicted octanol–water partition coefficient (Wildman–Crippen LogP) is 2.20. The molecule has 0 aromatic carbocycles. The molecule has 0 spiro atoms. The molecule has 0 radical (unpaired) electrons. The standard InChI is InChI=1S/C13H26N2O/c1-2-6-12(14)9-13(16)15-10-11-7-4-3-5-8-11/h11-12H,2-10,14H2,1H3,(H,15,16). The molecule has 0 heterocycles. The molecular weight excluding hydrogens is 200 g/mol. The Morgan fingerprint density at radius 1 is 1.38 bits per heavy atom. The van der Waals surface area contributed by atoms with Gasteiger partial charge in [-0.25, -0.2) is 0 Å². The summed E-state index contributed by atoms with van der Waals surface area (Å²) >= 11 is 0. The van der Waals surface area contributed by atoms with Gasteiger partial charge < -0.3 is 11.1 Å². The molecule has 1 amide bonds. The Balaban J connectivity index is 2.09. The number of hydrogen-bond acceptors (Lipinski definition) is 2. The Hall–Kier alpha value is -0.570. The average molecular weight is 226 g/mol. The largest absolute Gasteiger partial charge is 0.356 e. The summed E-state index contributed by atoms with van der Waals surface area (Å²) in [5, 5.41) is 3.02. The molecule has 1 aliphatic rings. The molecular formula is C13H26N2O. The summed E-state index contributed by atoms with van der Waals surface area (Å²) in [6.45, 7) is 2.96. The fourth-order valence-electron chi connectivity index (χ4n) is 2.43. The van der Waals surface area contributed by atoms with Crippen LogP contribution in [0.15, 0.2) is 0 Å². The highest BCUT2D eigenvalue weighted by molar-refractivity contribution is 5.76. The summed E-state index contributed by atoms with van der Waals surface area (Å²) in [5.74, 6) is 0.839. The monoisotopic (exact) mass is 226 g/mol. The zero-order valence-electron chi connectivity index (χ0n) is 10.5. The molecule has 1 aliphatic carbocycles. The lowest BCUT2D eigenvalue weighted by Gasteiger charge is -2.22. The predicted molar refractivity (Wildman–Crippen MR) is 67.1 cm³/mol. The van der Waals surface area contributed by atoms with E-state index in [2.05, 4.69) is 12.2 Å². The molecule has 94 valence electrons. The highest BCUT2D eigenvalue weighted by Crippen LogP contribution is 2.22. The lowest BCUT2D eigenvalue weighted by molar-refractivity contribution is -0.121. The number of hydrogen-bond donors (Lipinski definition) is 2. The minimum Gasteiger partial charge on any atom is -0.356 e. The highest BCUT2D eigenvalue weighted by Gasteiger charge is 2.15. The Morgan fingerprint density at radius 2 is 2.06 bits per heavy atom. The maximum atomic E-state index is 11.6. The first-order chi connectivity index (χ1) is 7.72. The second-order valence-electron chi connectivity index (χ2n) is 5.06. The van der Waals surface area contributed by atoms with E-state index < -0.39 is 0 Å². The van der Waals surface area contributed by atoms with Crippen LogP contribution in [0, 0.1) is 5.92 Å². The lowest BCUT2D eigenvalue weighted by atomic mass is 9.89. The van der Waals surface area contributed by atoms with Gasteiger partial charge >= 0.3 is 0 Å². The third-order valence-electron chi connectivity index (χ3n) is 3.42. The first-order valence-electron chi connectivity index (χ1n) is 6.74. The van der Waals surface area contributed by atoms with Gasteiger partial charge in [-0.15, -0.1) is 0 Å². The molecule has 1 atom stereocenters. The van der Waals surface area contributed by atoms with Crippen LogP contribution in [0.2, 0.25) is 0 Å². The molecule has 0 aliphatic heterocycles. The van der Waals surface area contributed by atoms with Gasteiger partial charge in [0, 0.05) is 19.0 Å². The van der Waals surface area contributed by atoms with E-state index in [1.807, 2.05) is 0 Å². The molecule has 1 saturated carbocycles. The fraction of sp³-hybridized carbons (Fsp3) is 0.923. The van der Waals surface area contributed by atoms with Crippen LogP contribution in [0.3, 0.4) is 0 Å². The molecule has 3 N–H and O–H groups in total. The average Bonchev–Trinajstić information content (AvgIpc) is 2.28. The van der Waals surface area contributed by atoms with Gasteiger partial charge in [0.1, 0.15) is 0 Å². The van der Waals surface area contributed by atoms with E-state index in [9.17, 15) is 4.79 Å². The van der Waals surface area contributed by atoms with Gasteiger partial charge in [-0.3, -0.25) is 4.79 Å². The van der Waals surface area contributed by atoms with E-state index in [0.29, 0.717) is 12.3 Å². The number of amides is 1. The van der Waals surface area contributed by atoms with Crippen molar-refractivity contribution >= 4 is 5.91 Å². The molecule has 1 unspecified atom stereocenters. The van der Waals surface area contributed by atoms with E-state index in [-0.39, 0.29) is 11.9 Å². The third kappa shape index (κ3) is 5.50. The topological polar surface area (TPSA) is 55.1 Å². The van der Waals surface area contributed by atoms with E-state index >= 15 is 0 Å². The van der Waals surface area contributed by atoms with Gasteiger partial charge in [-0.2, -0.15) is 0 Å². The lowest BCUT2D eigenvalue weighted by Crippen LogP contribution is -2.34. The van der Waals surface area contributed by atoms with Crippen molar-refractivity contribution in [2.24, 2.45) is 11.7 Å². The number of nitrogens with one attached hydrogen (secondary N) is 1. The Labute approximate surface area is 99.2 Å². The highest BCUT2D eigenvalue weighted by atomic mass is 16.1. The van der Waals surface area contributed by atoms with E-state index in [1.54, 1.807) is 0 Å². The number of rotatable bonds is 6. The zero-order valence-corrected chi connectivity index (χ0v) is 10.5. The van der Waals surface area contributed by atoms with Gasteiger partial charge in [0.25, 0.3) is 0 Å². The van der Waals surface area contributed by atoms with Crippen LogP contribution in [0.5, 0.6) is 0 Å². The van der Waals surface area contributed by atoms with Crippen molar-refractivity contribution in [2.45, 2.75) is 64.3 Å². The van der Waals surface area contributed by atoms with Crippen LogP contribution in [-0.4, -0.2) is 18.5 Å². The van der Waals surface area contributed by atoms with E-state index in [0.717, 1.165) is 19.4 Å². The van der Waals surface area contributed by atoms with Gasteiger partial charge in [0.2, 0.25) is 5.91 Å². The van der Waals surface area contributed by atoms with Gasteiger partial charge in [-0.1, -0.05) is 32.6 Å². The first-order valence-corrected chi connectivity index (χ1v) is 6.74. The minimum atomic E-state index is 0.0383. The molecule has 1 fully saturated rings. The van der Waals surface area contributed by atoms with Crippen molar-refractivity contribution in [1.82, 2.24) is 5.32 Å². The minimum absolute atomic E-state index is 0.0383. The molecule has 0 bridgehead atoms. The first kappa shape index (κ1) is 13.5. The maximum absolute atomic E-state index is 11.6. The molecule has 0 saturated heterocycles. The normalized spacial score (nSPS) is 19.4. The van der Waals surface area contributed by atoms with Crippen LogP contribution in [0.4, 0.5) is 0 Å². The number of carbonyl (C=O) groups excluding carboxylic acids is 1. The van der Waals surface area contributed by atoms with E-state index in [1.165, 1.54) is 32.1 Å². The Kier molecular flexibility index (Phi) is 6.46. The molecule has 0 aromatic rings. The van der Waals surface area contributed by atoms with Crippen molar-refractivity contribution in [2.75, 3.05) is 6.54 Å². The Bertz CT molecular complexity index is 200. The molecule has 1 rings (SSSR count). The smallest absolute Gasteiger partial charge is 0.221 e. The zero-order chi connectivity index (χ0) is 11.8. The SMILES string of the molecule is CCCC(N)CC(=O)NCC1CCCCC1.